The maximum Gasteiger partial charge on any atom is 0.235 e. The van der Waals surface area contributed by atoms with E-state index in [1.54, 1.807) is 12.4 Å². The Morgan fingerprint density at radius 1 is 1.23 bits per heavy atom. The summed E-state index contributed by atoms with van der Waals surface area (Å²) in [6.07, 6.45) is 7.73. The van der Waals surface area contributed by atoms with Gasteiger partial charge in [0.15, 0.2) is 11.6 Å². The van der Waals surface area contributed by atoms with Crippen LogP contribution in [0.2, 0.25) is 0 Å². The normalized spacial score (nSPS) is 15.8. The van der Waals surface area contributed by atoms with E-state index in [2.05, 4.69) is 19.9 Å². The number of hydrogen-bond donors (Lipinski definition) is 0. The highest BCUT2D eigenvalue weighted by Gasteiger charge is 2.23. The van der Waals surface area contributed by atoms with Crippen molar-refractivity contribution in [3.8, 4) is 5.88 Å². The van der Waals surface area contributed by atoms with E-state index in [9.17, 15) is 4.39 Å². The third kappa shape index (κ3) is 3.29. The zero-order valence-corrected chi connectivity index (χ0v) is 12.4. The molecule has 2 aromatic rings. The van der Waals surface area contributed by atoms with Crippen LogP contribution in [0.1, 0.15) is 18.5 Å². The molecule has 0 aromatic carbocycles. The number of aromatic nitrogens is 4. The third-order valence-electron chi connectivity index (χ3n) is 3.85. The number of hydrogen-bond acceptors (Lipinski definition) is 6. The summed E-state index contributed by atoms with van der Waals surface area (Å²) in [6, 6.07) is 0. The number of halogens is 1. The number of piperidine rings is 1. The molecular weight excluding hydrogens is 285 g/mol. The first kappa shape index (κ1) is 14.6. The second kappa shape index (κ2) is 6.64. The van der Waals surface area contributed by atoms with Crippen LogP contribution < -0.4 is 9.64 Å². The zero-order valence-electron chi connectivity index (χ0n) is 12.4. The van der Waals surface area contributed by atoms with Crippen LogP contribution in [0.15, 0.2) is 24.9 Å². The molecule has 116 valence electrons. The van der Waals surface area contributed by atoms with Gasteiger partial charge < -0.3 is 9.64 Å². The lowest BCUT2D eigenvalue weighted by Crippen LogP contribution is -2.36. The summed E-state index contributed by atoms with van der Waals surface area (Å²) in [5, 5.41) is 0. The summed E-state index contributed by atoms with van der Waals surface area (Å²) in [4.78, 5) is 18.0. The number of rotatable bonds is 4. The van der Waals surface area contributed by atoms with Gasteiger partial charge in [-0.1, -0.05) is 0 Å². The number of nitrogens with zero attached hydrogens (tertiary/aromatic N) is 5. The van der Waals surface area contributed by atoms with Gasteiger partial charge in [0.2, 0.25) is 5.88 Å². The zero-order chi connectivity index (χ0) is 15.4. The summed E-state index contributed by atoms with van der Waals surface area (Å²) < 4.78 is 19.4. The topological polar surface area (TPSA) is 64.0 Å². The summed E-state index contributed by atoms with van der Waals surface area (Å²) in [7, 11) is 0. The molecule has 3 heterocycles. The molecule has 22 heavy (non-hydrogen) atoms. The predicted molar refractivity (Wildman–Crippen MR) is 79.2 cm³/mol. The van der Waals surface area contributed by atoms with Crippen molar-refractivity contribution in [2.45, 2.75) is 19.8 Å². The molecule has 0 aliphatic carbocycles. The molecule has 3 rings (SSSR count). The van der Waals surface area contributed by atoms with Gasteiger partial charge in [-0.25, -0.2) is 19.3 Å². The van der Waals surface area contributed by atoms with Gasteiger partial charge in [-0.2, -0.15) is 0 Å². The van der Waals surface area contributed by atoms with Crippen LogP contribution in [-0.4, -0.2) is 39.6 Å². The fraction of sp³-hybridized carbons (Fsp3) is 0.467. The molecule has 0 amide bonds. The minimum atomic E-state index is -0.368. The standard InChI is InChI=1S/C15H18FN5O/c1-11-15(19-5-4-18-11)22-9-12-2-6-21(7-3-12)14-13(16)8-17-10-20-14/h4-5,8,10,12H,2-3,6-7,9H2,1H3. The van der Waals surface area contributed by atoms with Gasteiger partial charge in [-0.15, -0.1) is 0 Å². The number of anilines is 1. The van der Waals surface area contributed by atoms with Crippen LogP contribution in [0.5, 0.6) is 5.88 Å². The highest BCUT2D eigenvalue weighted by Crippen LogP contribution is 2.24. The smallest absolute Gasteiger partial charge is 0.235 e. The van der Waals surface area contributed by atoms with Crippen molar-refractivity contribution in [3.63, 3.8) is 0 Å². The summed E-state index contributed by atoms with van der Waals surface area (Å²) in [5.41, 5.74) is 0.794. The van der Waals surface area contributed by atoms with E-state index in [-0.39, 0.29) is 5.82 Å². The Morgan fingerprint density at radius 3 is 2.73 bits per heavy atom. The second-order valence-corrected chi connectivity index (χ2v) is 5.38. The van der Waals surface area contributed by atoms with Crippen LogP contribution in [0.3, 0.4) is 0 Å². The average Bonchev–Trinajstić information content (AvgIpc) is 2.55. The number of aryl methyl sites for hydroxylation is 1. The van der Waals surface area contributed by atoms with E-state index < -0.39 is 0 Å². The van der Waals surface area contributed by atoms with Gasteiger partial charge in [0.05, 0.1) is 18.5 Å². The van der Waals surface area contributed by atoms with Crippen molar-refractivity contribution in [2.75, 3.05) is 24.6 Å². The maximum atomic E-state index is 13.7. The second-order valence-electron chi connectivity index (χ2n) is 5.38. The molecule has 1 saturated heterocycles. The van der Waals surface area contributed by atoms with Crippen molar-refractivity contribution in [2.24, 2.45) is 5.92 Å². The van der Waals surface area contributed by atoms with E-state index in [0.29, 0.717) is 24.2 Å². The molecule has 1 aliphatic rings. The van der Waals surface area contributed by atoms with Gasteiger partial charge in [0, 0.05) is 25.5 Å². The lowest BCUT2D eigenvalue weighted by Gasteiger charge is -2.32. The lowest BCUT2D eigenvalue weighted by molar-refractivity contribution is 0.213. The van der Waals surface area contributed by atoms with Crippen molar-refractivity contribution in [1.29, 1.82) is 0 Å². The molecule has 0 N–H and O–H groups in total. The summed E-state index contributed by atoms with van der Waals surface area (Å²) >= 11 is 0. The third-order valence-corrected chi connectivity index (χ3v) is 3.85. The maximum absolute atomic E-state index is 13.7. The average molecular weight is 303 g/mol. The Labute approximate surface area is 128 Å². The van der Waals surface area contributed by atoms with Gasteiger partial charge in [-0.3, -0.25) is 4.98 Å². The van der Waals surface area contributed by atoms with E-state index >= 15 is 0 Å². The molecule has 1 aliphatic heterocycles. The van der Waals surface area contributed by atoms with Gasteiger partial charge in [0.1, 0.15) is 6.33 Å². The SMILES string of the molecule is Cc1nccnc1OCC1CCN(c2ncncc2F)CC1. The monoisotopic (exact) mass is 303 g/mol. The lowest BCUT2D eigenvalue weighted by atomic mass is 9.98. The largest absolute Gasteiger partial charge is 0.476 e. The molecule has 2 aromatic heterocycles. The Balaban J connectivity index is 1.52. The Morgan fingerprint density at radius 2 is 2.00 bits per heavy atom. The van der Waals surface area contributed by atoms with Gasteiger partial charge in [-0.05, 0) is 25.7 Å². The van der Waals surface area contributed by atoms with Crippen LogP contribution in [-0.2, 0) is 0 Å². The molecule has 0 radical (unpaired) electrons. The van der Waals surface area contributed by atoms with Crippen LogP contribution in [0.4, 0.5) is 10.2 Å². The predicted octanol–water partition coefficient (Wildman–Crippen LogP) is 2.01. The molecule has 0 unspecified atom stereocenters. The summed E-state index contributed by atoms with van der Waals surface area (Å²) in [6.45, 7) is 4.02. The highest BCUT2D eigenvalue weighted by atomic mass is 19.1. The van der Waals surface area contributed by atoms with Crippen molar-refractivity contribution < 1.29 is 9.13 Å². The van der Waals surface area contributed by atoms with E-state index in [1.807, 2.05) is 11.8 Å². The van der Waals surface area contributed by atoms with Gasteiger partial charge in [0.25, 0.3) is 0 Å². The minimum Gasteiger partial charge on any atom is -0.476 e. The summed E-state index contributed by atoms with van der Waals surface area (Å²) in [5.74, 6) is 1.04. The van der Waals surface area contributed by atoms with Crippen LogP contribution in [0.25, 0.3) is 0 Å². The fourth-order valence-electron chi connectivity index (χ4n) is 2.58. The number of ether oxygens (including phenoxy) is 1. The van der Waals surface area contributed by atoms with Crippen molar-refractivity contribution >= 4 is 5.82 Å². The molecule has 6 nitrogen and oxygen atoms in total. The Bertz CT molecular complexity index is 631. The van der Waals surface area contributed by atoms with E-state index in [4.69, 9.17) is 4.74 Å². The van der Waals surface area contributed by atoms with E-state index in [0.717, 1.165) is 31.6 Å². The Hall–Kier alpha value is -2.31. The molecule has 0 bridgehead atoms. The van der Waals surface area contributed by atoms with Crippen molar-refractivity contribution in [3.05, 3.63) is 36.4 Å². The minimum absolute atomic E-state index is 0.368. The van der Waals surface area contributed by atoms with Crippen LogP contribution in [0, 0.1) is 18.7 Å². The molecule has 7 heteroatoms. The molecule has 0 spiro atoms. The first-order chi connectivity index (χ1) is 10.7. The fourth-order valence-corrected chi connectivity index (χ4v) is 2.58. The van der Waals surface area contributed by atoms with Crippen LogP contribution >= 0.6 is 0 Å². The Kier molecular flexibility index (Phi) is 4.41. The van der Waals surface area contributed by atoms with E-state index in [1.165, 1.54) is 12.5 Å². The highest BCUT2D eigenvalue weighted by molar-refractivity contribution is 5.38. The quantitative estimate of drug-likeness (QED) is 0.861. The molecule has 1 fully saturated rings. The first-order valence-electron chi connectivity index (χ1n) is 7.35. The first-order valence-corrected chi connectivity index (χ1v) is 7.35. The molecular formula is C15H18FN5O. The molecule has 0 atom stereocenters. The molecule has 0 saturated carbocycles. The van der Waals surface area contributed by atoms with Crippen molar-refractivity contribution in [1.82, 2.24) is 19.9 Å². The van der Waals surface area contributed by atoms with Gasteiger partial charge >= 0.3 is 0 Å².